The minimum atomic E-state index is -0.551. The Morgan fingerprint density at radius 1 is 1.32 bits per heavy atom. The van der Waals surface area contributed by atoms with Crippen LogP contribution in [-0.2, 0) is 9.53 Å². The first-order chi connectivity index (χ1) is 11.7. The molecule has 1 amide bonds. The van der Waals surface area contributed by atoms with Gasteiger partial charge in [-0.25, -0.2) is 4.79 Å². The van der Waals surface area contributed by atoms with Gasteiger partial charge in [0.2, 0.25) is 0 Å². The van der Waals surface area contributed by atoms with Crippen molar-refractivity contribution in [2.45, 2.75) is 39.7 Å². The highest BCUT2D eigenvalue weighted by atomic mass is 32.2. The summed E-state index contributed by atoms with van der Waals surface area (Å²) in [5.41, 5.74) is 2.15. The van der Waals surface area contributed by atoms with Crippen LogP contribution in [0.5, 0.6) is 0 Å². The molecule has 2 rings (SSSR count). The molecule has 0 unspecified atom stereocenters. The first-order valence-corrected chi connectivity index (χ1v) is 9.54. The summed E-state index contributed by atoms with van der Waals surface area (Å²) in [5, 5.41) is 4.10. The number of carbonyl (C=O) groups is 2. The van der Waals surface area contributed by atoms with Gasteiger partial charge in [-0.2, -0.15) is 0 Å². The van der Waals surface area contributed by atoms with Crippen LogP contribution in [0.1, 0.15) is 32.8 Å². The number of likely N-dealkylation sites (tertiary alicyclic amines) is 1. The summed E-state index contributed by atoms with van der Waals surface area (Å²) in [5.74, 6) is 0.0734. The fourth-order valence-corrected chi connectivity index (χ4v) is 3.17. The number of thioether (sulfide) groups is 1. The number of nitrogens with one attached hydrogen (secondary N) is 1. The van der Waals surface area contributed by atoms with Gasteiger partial charge < -0.3 is 15.0 Å². The lowest BCUT2D eigenvalue weighted by Gasteiger charge is -2.31. The van der Waals surface area contributed by atoms with E-state index < -0.39 is 5.60 Å². The molecule has 1 saturated heterocycles. The average molecular weight is 362 g/mol. The van der Waals surface area contributed by atoms with Crippen LogP contribution in [0.4, 0.5) is 10.5 Å². The maximum atomic E-state index is 12.4. The molecule has 1 N–H and O–H groups in total. The number of rotatable bonds is 3. The lowest BCUT2D eigenvalue weighted by Crippen LogP contribution is -2.43. The van der Waals surface area contributed by atoms with E-state index in [1.807, 2.05) is 58.2 Å². The van der Waals surface area contributed by atoms with Crippen molar-refractivity contribution in [2.24, 2.45) is 0 Å². The molecule has 0 aromatic heterocycles. The van der Waals surface area contributed by atoms with E-state index in [0.29, 0.717) is 18.5 Å². The molecule has 1 heterocycles. The van der Waals surface area contributed by atoms with Gasteiger partial charge in [0.05, 0.1) is 11.6 Å². The zero-order valence-corrected chi connectivity index (χ0v) is 16.3. The van der Waals surface area contributed by atoms with E-state index in [1.165, 1.54) is 11.8 Å². The van der Waals surface area contributed by atoms with E-state index in [4.69, 9.17) is 4.74 Å². The number of hydrogen-bond donors (Lipinski definition) is 1. The van der Waals surface area contributed by atoms with E-state index in [2.05, 4.69) is 5.32 Å². The summed E-state index contributed by atoms with van der Waals surface area (Å²) in [7, 11) is 0. The molecular weight excluding hydrogens is 336 g/mol. The predicted octanol–water partition coefficient (Wildman–Crippen LogP) is 4.19. The Morgan fingerprint density at radius 3 is 2.64 bits per heavy atom. The second kappa shape index (κ2) is 7.95. The van der Waals surface area contributed by atoms with E-state index in [0.717, 1.165) is 16.3 Å². The second-order valence-electron chi connectivity index (χ2n) is 7.08. The number of aryl methyl sites for hydroxylation is 1. The first-order valence-electron chi connectivity index (χ1n) is 8.31. The minimum Gasteiger partial charge on any atom is -0.444 e. The number of benzene rings is 1. The third kappa shape index (κ3) is 5.53. The van der Waals surface area contributed by atoms with Gasteiger partial charge in [0.1, 0.15) is 5.60 Å². The van der Waals surface area contributed by atoms with Crippen LogP contribution in [0.3, 0.4) is 0 Å². The Morgan fingerprint density at radius 2 is 2.04 bits per heavy atom. The molecule has 0 saturated carbocycles. The molecular formula is C19H26N2O3S. The molecule has 136 valence electrons. The number of ether oxygens (including phenoxy) is 1. The van der Waals surface area contributed by atoms with E-state index >= 15 is 0 Å². The molecule has 1 aromatic rings. The molecule has 0 atom stereocenters. The van der Waals surface area contributed by atoms with Gasteiger partial charge in [0.25, 0.3) is 0 Å². The van der Waals surface area contributed by atoms with E-state index in [9.17, 15) is 9.59 Å². The van der Waals surface area contributed by atoms with Crippen molar-refractivity contribution in [3.8, 4) is 0 Å². The van der Waals surface area contributed by atoms with Crippen molar-refractivity contribution in [3.05, 3.63) is 40.4 Å². The van der Waals surface area contributed by atoms with Crippen molar-refractivity contribution in [3.63, 3.8) is 0 Å². The summed E-state index contributed by atoms with van der Waals surface area (Å²) in [4.78, 5) is 26.3. The number of amides is 1. The molecule has 0 aliphatic carbocycles. The molecule has 25 heavy (non-hydrogen) atoms. The monoisotopic (exact) mass is 362 g/mol. The smallest absolute Gasteiger partial charge is 0.410 e. The van der Waals surface area contributed by atoms with Gasteiger partial charge in [0.15, 0.2) is 5.78 Å². The number of ketones is 1. The van der Waals surface area contributed by atoms with Crippen molar-refractivity contribution in [2.75, 3.05) is 24.7 Å². The number of Topliss-reactive ketones (excluding diaryl/α,β-unsaturated/α-hetero) is 1. The molecule has 0 spiro atoms. The van der Waals surface area contributed by atoms with Gasteiger partial charge in [-0.1, -0.05) is 12.1 Å². The average Bonchev–Trinajstić information content (AvgIpc) is 2.51. The highest BCUT2D eigenvalue weighted by molar-refractivity contribution is 8.02. The topological polar surface area (TPSA) is 58.6 Å². The lowest BCUT2D eigenvalue weighted by atomic mass is 10.0. The fraction of sp³-hybridized carbons (Fsp3) is 0.474. The third-order valence-corrected chi connectivity index (χ3v) is 4.46. The highest BCUT2D eigenvalue weighted by Gasteiger charge is 2.30. The minimum absolute atomic E-state index is 0.0734. The molecule has 1 aliphatic rings. The van der Waals surface area contributed by atoms with Crippen LogP contribution < -0.4 is 5.32 Å². The van der Waals surface area contributed by atoms with Crippen LogP contribution in [0.2, 0.25) is 0 Å². The predicted molar refractivity (Wildman–Crippen MR) is 103 cm³/mol. The van der Waals surface area contributed by atoms with Crippen LogP contribution >= 0.6 is 11.8 Å². The summed E-state index contributed by atoms with van der Waals surface area (Å²) in [6.45, 7) is 8.19. The van der Waals surface area contributed by atoms with Gasteiger partial charge >= 0.3 is 6.09 Å². The van der Waals surface area contributed by atoms with Gasteiger partial charge in [0, 0.05) is 24.2 Å². The molecule has 5 nitrogen and oxygen atoms in total. The Balaban J connectivity index is 2.21. The number of carbonyl (C=O) groups excluding carboxylic acids is 2. The summed E-state index contributed by atoms with van der Waals surface area (Å²) >= 11 is 1.48. The summed E-state index contributed by atoms with van der Waals surface area (Å²) < 4.78 is 5.43. The Bertz CT molecular complexity index is 692. The van der Waals surface area contributed by atoms with Crippen LogP contribution in [0.15, 0.2) is 34.9 Å². The molecule has 0 bridgehead atoms. The van der Waals surface area contributed by atoms with Gasteiger partial charge in [-0.05, 0) is 51.6 Å². The zero-order chi connectivity index (χ0) is 18.6. The third-order valence-electron chi connectivity index (χ3n) is 3.70. The van der Waals surface area contributed by atoms with E-state index in [1.54, 1.807) is 4.90 Å². The Labute approximate surface area is 153 Å². The SMILES string of the molecule is CSC(Nc1cccc(C)c1)=C1CN(C(=O)OC(C)(C)C)CCC1=O. The standard InChI is InChI=1S/C19H26N2O3S/c1-13-7-6-8-14(11-13)20-17(25-5)15-12-21(10-9-16(15)22)18(23)24-19(2,3)4/h6-8,11,20H,9-10,12H2,1-5H3. The largest absolute Gasteiger partial charge is 0.444 e. The van der Waals surface area contributed by atoms with Crippen molar-refractivity contribution in [1.82, 2.24) is 4.90 Å². The van der Waals surface area contributed by atoms with E-state index in [-0.39, 0.29) is 18.4 Å². The number of hydrogen-bond acceptors (Lipinski definition) is 5. The highest BCUT2D eigenvalue weighted by Crippen LogP contribution is 2.26. The van der Waals surface area contributed by atoms with Crippen molar-refractivity contribution < 1.29 is 14.3 Å². The summed E-state index contributed by atoms with van der Waals surface area (Å²) in [6, 6.07) is 7.97. The number of nitrogens with zero attached hydrogens (tertiary/aromatic N) is 1. The Kier molecular flexibility index (Phi) is 6.16. The number of piperidine rings is 1. The van der Waals surface area contributed by atoms with Crippen LogP contribution in [0.25, 0.3) is 0 Å². The molecule has 1 fully saturated rings. The molecule has 1 aromatic carbocycles. The molecule has 0 radical (unpaired) electrons. The normalized spacial score (nSPS) is 17.3. The number of anilines is 1. The summed E-state index contributed by atoms with van der Waals surface area (Å²) in [6.07, 6.45) is 1.85. The maximum absolute atomic E-state index is 12.4. The lowest BCUT2D eigenvalue weighted by molar-refractivity contribution is -0.117. The second-order valence-corrected chi connectivity index (χ2v) is 7.90. The maximum Gasteiger partial charge on any atom is 0.410 e. The zero-order valence-electron chi connectivity index (χ0n) is 15.5. The molecule has 1 aliphatic heterocycles. The molecule has 6 heteroatoms. The van der Waals surface area contributed by atoms with Crippen LogP contribution in [0, 0.1) is 6.92 Å². The van der Waals surface area contributed by atoms with Crippen molar-refractivity contribution in [1.29, 1.82) is 0 Å². The fourth-order valence-electron chi connectivity index (χ4n) is 2.53. The quantitative estimate of drug-likeness (QED) is 0.817. The van der Waals surface area contributed by atoms with Gasteiger partial charge in [-0.3, -0.25) is 4.79 Å². The Hall–Kier alpha value is -1.95. The van der Waals surface area contributed by atoms with Crippen LogP contribution in [-0.4, -0.2) is 41.7 Å². The van der Waals surface area contributed by atoms with Gasteiger partial charge in [-0.15, -0.1) is 11.8 Å². The van der Waals surface area contributed by atoms with Crippen molar-refractivity contribution >= 4 is 29.3 Å². The first kappa shape index (κ1) is 19.4.